The van der Waals surface area contributed by atoms with Gasteiger partial charge in [-0.25, -0.2) is 0 Å². The molecule has 0 unspecified atom stereocenters. The Morgan fingerprint density at radius 3 is 3.00 bits per heavy atom. The molecule has 0 radical (unpaired) electrons. The summed E-state index contributed by atoms with van der Waals surface area (Å²) in [6.07, 6.45) is 0. The number of thiophene rings is 1. The molecular weight excluding hydrogens is 198 g/mol. The molecule has 2 rings (SSSR count). The van der Waals surface area contributed by atoms with Crippen LogP contribution in [0.4, 0.5) is 5.69 Å². The van der Waals surface area contributed by atoms with Gasteiger partial charge in [0.1, 0.15) is 11.5 Å². The molecule has 0 saturated heterocycles. The standard InChI is InChI=1S/C10H11NO2S/c1-2-13-6-3-7(11)10-8(12)5-14-9(10)4-6/h3-5,12H,2,11H2,1H3. The van der Waals surface area contributed by atoms with Gasteiger partial charge in [0.2, 0.25) is 0 Å². The van der Waals surface area contributed by atoms with Crippen LogP contribution in [0, 0.1) is 0 Å². The van der Waals surface area contributed by atoms with Gasteiger partial charge in [-0.1, -0.05) is 0 Å². The third-order valence-corrected chi connectivity index (χ3v) is 2.89. The Balaban J connectivity index is 2.62. The van der Waals surface area contributed by atoms with E-state index in [1.165, 1.54) is 11.3 Å². The molecule has 0 fully saturated rings. The number of benzene rings is 1. The second-order valence-corrected chi connectivity index (χ2v) is 3.85. The van der Waals surface area contributed by atoms with Crippen LogP contribution in [0.25, 0.3) is 10.1 Å². The molecular formula is C10H11NO2S. The maximum absolute atomic E-state index is 9.50. The minimum Gasteiger partial charge on any atom is -0.506 e. The lowest BCUT2D eigenvalue weighted by atomic mass is 10.2. The molecule has 0 aliphatic carbocycles. The van der Waals surface area contributed by atoms with Crippen molar-refractivity contribution in [2.24, 2.45) is 0 Å². The number of hydrogen-bond donors (Lipinski definition) is 2. The first-order valence-corrected chi connectivity index (χ1v) is 5.23. The Bertz CT molecular complexity index is 464. The average molecular weight is 209 g/mol. The maximum atomic E-state index is 9.50. The summed E-state index contributed by atoms with van der Waals surface area (Å²) in [6, 6.07) is 3.62. The highest BCUT2D eigenvalue weighted by molar-refractivity contribution is 7.17. The van der Waals surface area contributed by atoms with Crippen molar-refractivity contribution in [3.05, 3.63) is 17.5 Å². The van der Waals surface area contributed by atoms with Crippen molar-refractivity contribution < 1.29 is 9.84 Å². The summed E-state index contributed by atoms with van der Waals surface area (Å²) in [6.45, 7) is 2.54. The third kappa shape index (κ3) is 1.37. The lowest BCUT2D eigenvalue weighted by Crippen LogP contribution is -1.93. The molecule has 0 spiro atoms. The second-order valence-electron chi connectivity index (χ2n) is 2.94. The zero-order valence-corrected chi connectivity index (χ0v) is 8.60. The Kier molecular flexibility index (Phi) is 2.21. The van der Waals surface area contributed by atoms with Crippen LogP contribution in [-0.4, -0.2) is 11.7 Å². The molecule has 4 heteroatoms. The van der Waals surface area contributed by atoms with E-state index >= 15 is 0 Å². The van der Waals surface area contributed by atoms with E-state index in [9.17, 15) is 5.11 Å². The van der Waals surface area contributed by atoms with Gasteiger partial charge in [0.15, 0.2) is 0 Å². The van der Waals surface area contributed by atoms with Crippen molar-refractivity contribution >= 4 is 27.1 Å². The van der Waals surface area contributed by atoms with E-state index < -0.39 is 0 Å². The molecule has 74 valence electrons. The number of nitrogens with two attached hydrogens (primary N) is 1. The predicted octanol–water partition coefficient (Wildman–Crippen LogP) is 2.59. The smallest absolute Gasteiger partial charge is 0.136 e. The normalized spacial score (nSPS) is 10.6. The molecule has 0 aliphatic rings. The van der Waals surface area contributed by atoms with E-state index in [0.29, 0.717) is 12.3 Å². The Morgan fingerprint density at radius 2 is 2.29 bits per heavy atom. The number of aromatic hydroxyl groups is 1. The molecule has 0 bridgehead atoms. The van der Waals surface area contributed by atoms with Crippen LogP contribution in [0.5, 0.6) is 11.5 Å². The molecule has 14 heavy (non-hydrogen) atoms. The third-order valence-electron chi connectivity index (χ3n) is 1.97. The van der Waals surface area contributed by atoms with Gasteiger partial charge in [0, 0.05) is 21.8 Å². The largest absolute Gasteiger partial charge is 0.506 e. The lowest BCUT2D eigenvalue weighted by molar-refractivity contribution is 0.341. The number of fused-ring (bicyclic) bond motifs is 1. The van der Waals surface area contributed by atoms with Crippen molar-refractivity contribution in [3.63, 3.8) is 0 Å². The highest BCUT2D eigenvalue weighted by atomic mass is 32.1. The van der Waals surface area contributed by atoms with E-state index in [1.807, 2.05) is 13.0 Å². The minimum absolute atomic E-state index is 0.241. The van der Waals surface area contributed by atoms with Gasteiger partial charge in [-0.05, 0) is 13.0 Å². The van der Waals surface area contributed by atoms with Crippen LogP contribution in [0.1, 0.15) is 6.92 Å². The quantitative estimate of drug-likeness (QED) is 0.747. The molecule has 3 N–H and O–H groups in total. The zero-order valence-electron chi connectivity index (χ0n) is 7.78. The van der Waals surface area contributed by atoms with E-state index in [-0.39, 0.29) is 5.75 Å². The molecule has 1 heterocycles. The van der Waals surface area contributed by atoms with Crippen molar-refractivity contribution in [2.45, 2.75) is 6.92 Å². The molecule has 3 nitrogen and oxygen atoms in total. The number of ether oxygens (including phenoxy) is 1. The van der Waals surface area contributed by atoms with Crippen molar-refractivity contribution in [1.29, 1.82) is 0 Å². The number of hydrogen-bond acceptors (Lipinski definition) is 4. The van der Waals surface area contributed by atoms with Crippen molar-refractivity contribution in [1.82, 2.24) is 0 Å². The molecule has 0 aliphatic heterocycles. The summed E-state index contributed by atoms with van der Waals surface area (Å²) >= 11 is 1.46. The second kappa shape index (κ2) is 3.38. The van der Waals surface area contributed by atoms with Crippen LogP contribution in [0.15, 0.2) is 17.5 Å². The Hall–Kier alpha value is -1.42. The first-order valence-electron chi connectivity index (χ1n) is 4.35. The van der Waals surface area contributed by atoms with Crippen molar-refractivity contribution in [3.8, 4) is 11.5 Å². The molecule has 0 atom stereocenters. The topological polar surface area (TPSA) is 55.5 Å². The van der Waals surface area contributed by atoms with Gasteiger partial charge in [-0.15, -0.1) is 11.3 Å². The first kappa shape index (κ1) is 9.15. The van der Waals surface area contributed by atoms with E-state index in [2.05, 4.69) is 0 Å². The van der Waals surface area contributed by atoms with Crippen LogP contribution in [-0.2, 0) is 0 Å². The summed E-state index contributed by atoms with van der Waals surface area (Å²) < 4.78 is 6.30. The van der Waals surface area contributed by atoms with Gasteiger partial charge in [0.25, 0.3) is 0 Å². The van der Waals surface area contributed by atoms with E-state index in [1.54, 1.807) is 11.4 Å². The van der Waals surface area contributed by atoms with E-state index in [4.69, 9.17) is 10.5 Å². The summed E-state index contributed by atoms with van der Waals surface area (Å²) in [7, 11) is 0. The highest BCUT2D eigenvalue weighted by Crippen LogP contribution is 2.38. The van der Waals surface area contributed by atoms with Crippen LogP contribution < -0.4 is 10.5 Å². The predicted molar refractivity (Wildman–Crippen MR) is 59.1 cm³/mol. The monoisotopic (exact) mass is 209 g/mol. The summed E-state index contributed by atoms with van der Waals surface area (Å²) in [5, 5.41) is 11.9. The van der Waals surface area contributed by atoms with Crippen LogP contribution in [0.2, 0.25) is 0 Å². The molecule has 2 aromatic rings. The van der Waals surface area contributed by atoms with Gasteiger partial charge in [-0.2, -0.15) is 0 Å². The van der Waals surface area contributed by atoms with Crippen LogP contribution >= 0.6 is 11.3 Å². The molecule has 0 saturated carbocycles. The summed E-state index contributed by atoms with van der Waals surface area (Å²) in [4.78, 5) is 0. The molecule has 0 amide bonds. The van der Waals surface area contributed by atoms with Gasteiger partial charge < -0.3 is 15.6 Å². The maximum Gasteiger partial charge on any atom is 0.136 e. The fraction of sp³-hybridized carbons (Fsp3) is 0.200. The molecule has 1 aromatic carbocycles. The fourth-order valence-electron chi connectivity index (χ4n) is 1.41. The number of rotatable bonds is 2. The first-order chi connectivity index (χ1) is 6.72. The minimum atomic E-state index is 0.241. The SMILES string of the molecule is CCOc1cc(N)c2c(O)csc2c1. The lowest BCUT2D eigenvalue weighted by Gasteiger charge is -2.04. The van der Waals surface area contributed by atoms with E-state index in [0.717, 1.165) is 15.8 Å². The summed E-state index contributed by atoms with van der Waals surface area (Å²) in [5.74, 6) is 0.991. The van der Waals surface area contributed by atoms with Gasteiger partial charge in [0.05, 0.1) is 12.0 Å². The highest BCUT2D eigenvalue weighted by Gasteiger charge is 2.08. The van der Waals surface area contributed by atoms with Crippen molar-refractivity contribution in [2.75, 3.05) is 12.3 Å². The number of anilines is 1. The Labute approximate surface area is 85.7 Å². The van der Waals surface area contributed by atoms with Gasteiger partial charge >= 0.3 is 0 Å². The average Bonchev–Trinajstić information content (AvgIpc) is 2.48. The Morgan fingerprint density at radius 1 is 1.50 bits per heavy atom. The number of nitrogen functional groups attached to an aromatic ring is 1. The fourth-order valence-corrected chi connectivity index (χ4v) is 2.29. The summed E-state index contributed by atoms with van der Waals surface area (Å²) in [5.41, 5.74) is 6.36. The zero-order chi connectivity index (χ0) is 10.1. The van der Waals surface area contributed by atoms with Crippen LogP contribution in [0.3, 0.4) is 0 Å². The van der Waals surface area contributed by atoms with Gasteiger partial charge in [-0.3, -0.25) is 0 Å². The molecule has 1 aromatic heterocycles.